The second kappa shape index (κ2) is 7.55. The van der Waals surface area contributed by atoms with Crippen LogP contribution in [-0.4, -0.2) is 35.5 Å². The molecule has 2 heterocycles. The second-order valence-electron chi connectivity index (χ2n) is 6.30. The number of carbonyl (C=O) groups excluding carboxylic acids is 2. The maximum atomic E-state index is 14.7. The van der Waals surface area contributed by atoms with E-state index in [1.54, 1.807) is 24.3 Å². The molecule has 29 heavy (non-hydrogen) atoms. The van der Waals surface area contributed by atoms with Crippen LogP contribution < -0.4 is 4.90 Å². The number of aromatic nitrogens is 1. The van der Waals surface area contributed by atoms with Crippen molar-refractivity contribution in [3.63, 3.8) is 0 Å². The van der Waals surface area contributed by atoms with Crippen LogP contribution in [0, 0.1) is 5.82 Å². The number of carbonyl (C=O) groups is 2. The van der Waals surface area contributed by atoms with Crippen LogP contribution >= 0.6 is 22.9 Å². The van der Waals surface area contributed by atoms with Gasteiger partial charge in [-0.2, -0.15) is 0 Å². The van der Waals surface area contributed by atoms with Crippen molar-refractivity contribution >= 4 is 50.0 Å². The summed E-state index contributed by atoms with van der Waals surface area (Å²) in [5.74, 6) is -2.82. The number of ketones is 1. The summed E-state index contributed by atoms with van der Waals surface area (Å²) < 4.78 is 20.2. The van der Waals surface area contributed by atoms with E-state index in [-0.39, 0.29) is 22.9 Å². The van der Waals surface area contributed by atoms with E-state index in [1.165, 1.54) is 25.3 Å². The summed E-state index contributed by atoms with van der Waals surface area (Å²) in [6.45, 7) is -0.364. The average molecular weight is 433 g/mol. The summed E-state index contributed by atoms with van der Waals surface area (Å²) in [6, 6.07) is 9.78. The monoisotopic (exact) mass is 432 g/mol. The Balaban J connectivity index is 1.92. The predicted octanol–water partition coefficient (Wildman–Crippen LogP) is 4.20. The highest BCUT2D eigenvalue weighted by Crippen LogP contribution is 2.44. The normalized spacial score (nSPS) is 16.9. The molecule has 1 aliphatic rings. The van der Waals surface area contributed by atoms with E-state index in [0.717, 1.165) is 16.2 Å². The van der Waals surface area contributed by atoms with Gasteiger partial charge in [0.25, 0.3) is 5.91 Å². The first-order valence-electron chi connectivity index (χ1n) is 8.52. The maximum absolute atomic E-state index is 14.7. The minimum absolute atomic E-state index is 0.0645. The molecule has 1 atom stereocenters. The number of fused-ring (bicyclic) bond motifs is 1. The number of para-hydroxylation sites is 1. The number of hydrogen-bond acceptors (Lipinski definition) is 6. The standard InChI is InChI=1S/C20H14ClFN2O4S/c1-28-9-13(25)15-17(10-5-2-3-7-12(10)22)24(19(27)18(15)26)20-23-16-11(21)6-4-8-14(16)29-20/h2-8,17,26H,9H2,1H3. The number of nitrogens with zero attached hydrogens (tertiary/aromatic N) is 2. The van der Waals surface area contributed by atoms with E-state index in [0.29, 0.717) is 15.2 Å². The molecule has 0 saturated heterocycles. The Bertz CT molecular complexity index is 1180. The minimum Gasteiger partial charge on any atom is -0.503 e. The van der Waals surface area contributed by atoms with Gasteiger partial charge in [-0.05, 0) is 18.2 Å². The van der Waals surface area contributed by atoms with Gasteiger partial charge < -0.3 is 9.84 Å². The zero-order valence-electron chi connectivity index (χ0n) is 15.1. The molecule has 1 aromatic heterocycles. The third kappa shape index (κ3) is 3.19. The fourth-order valence-electron chi connectivity index (χ4n) is 3.29. The van der Waals surface area contributed by atoms with Crippen LogP contribution in [0.4, 0.5) is 9.52 Å². The summed E-state index contributed by atoms with van der Waals surface area (Å²) in [6.07, 6.45) is 0. The number of hydrogen-bond donors (Lipinski definition) is 1. The van der Waals surface area contributed by atoms with Gasteiger partial charge in [-0.1, -0.05) is 47.2 Å². The minimum atomic E-state index is -1.18. The molecule has 0 radical (unpaired) electrons. The summed E-state index contributed by atoms with van der Waals surface area (Å²) in [7, 11) is 1.32. The molecular formula is C20H14ClFN2O4S. The summed E-state index contributed by atoms with van der Waals surface area (Å²) in [5.41, 5.74) is 0.312. The lowest BCUT2D eigenvalue weighted by atomic mass is 9.96. The van der Waals surface area contributed by atoms with Gasteiger partial charge in [0.05, 0.1) is 15.3 Å². The molecule has 3 aromatic rings. The first-order chi connectivity index (χ1) is 13.9. The van der Waals surface area contributed by atoms with Gasteiger partial charge in [0, 0.05) is 12.7 Å². The van der Waals surface area contributed by atoms with Crippen molar-refractivity contribution in [3.8, 4) is 0 Å². The third-order valence-corrected chi connectivity index (χ3v) is 5.87. The number of rotatable bonds is 5. The van der Waals surface area contributed by atoms with E-state index < -0.39 is 29.3 Å². The van der Waals surface area contributed by atoms with Gasteiger partial charge >= 0.3 is 0 Å². The van der Waals surface area contributed by atoms with E-state index in [9.17, 15) is 19.1 Å². The zero-order chi connectivity index (χ0) is 20.7. The molecule has 1 amide bonds. The molecule has 0 spiro atoms. The quantitative estimate of drug-likeness (QED) is 0.653. The summed E-state index contributed by atoms with van der Waals surface area (Å²) in [4.78, 5) is 31.1. The number of benzene rings is 2. The number of amides is 1. The molecule has 1 unspecified atom stereocenters. The summed E-state index contributed by atoms with van der Waals surface area (Å²) >= 11 is 7.34. The number of aliphatic hydroxyl groups excluding tert-OH is 1. The lowest BCUT2D eigenvalue weighted by Gasteiger charge is -2.24. The van der Waals surface area contributed by atoms with E-state index in [1.807, 2.05) is 0 Å². The van der Waals surface area contributed by atoms with E-state index in [2.05, 4.69) is 4.98 Å². The largest absolute Gasteiger partial charge is 0.503 e. The van der Waals surface area contributed by atoms with Crippen LogP contribution in [0.1, 0.15) is 11.6 Å². The number of aliphatic hydroxyl groups is 1. The van der Waals surface area contributed by atoms with E-state index in [4.69, 9.17) is 16.3 Å². The SMILES string of the molecule is COCC(=O)C1=C(O)C(=O)N(c2nc3c(Cl)cccc3s2)C1c1ccccc1F. The van der Waals surface area contributed by atoms with Crippen molar-refractivity contribution in [3.05, 3.63) is 70.2 Å². The van der Waals surface area contributed by atoms with Gasteiger partial charge in [-0.25, -0.2) is 9.37 Å². The number of anilines is 1. The Hall–Kier alpha value is -2.81. The highest BCUT2D eigenvalue weighted by molar-refractivity contribution is 7.22. The van der Waals surface area contributed by atoms with Crippen molar-refractivity contribution in [2.24, 2.45) is 0 Å². The molecule has 4 rings (SSSR count). The Labute approximate surface area is 173 Å². The maximum Gasteiger partial charge on any atom is 0.296 e. The summed E-state index contributed by atoms with van der Waals surface area (Å²) in [5, 5.41) is 11.1. The molecule has 1 N–H and O–H groups in total. The fourth-order valence-corrected chi connectivity index (χ4v) is 4.59. The molecule has 0 saturated carbocycles. The van der Waals surface area contributed by atoms with Crippen LogP contribution in [0.3, 0.4) is 0 Å². The lowest BCUT2D eigenvalue weighted by Crippen LogP contribution is -2.31. The molecule has 1 aliphatic heterocycles. The van der Waals surface area contributed by atoms with Crippen molar-refractivity contribution in [1.82, 2.24) is 4.98 Å². The average Bonchev–Trinajstić information content (AvgIpc) is 3.23. The number of Topliss-reactive ketones (excluding diaryl/α,β-unsaturated/α-hetero) is 1. The number of methoxy groups -OCH3 is 1. The van der Waals surface area contributed by atoms with Gasteiger partial charge in [-0.3, -0.25) is 14.5 Å². The van der Waals surface area contributed by atoms with Crippen LogP contribution in [0.15, 0.2) is 53.8 Å². The van der Waals surface area contributed by atoms with Gasteiger partial charge in [0.2, 0.25) is 0 Å². The van der Waals surface area contributed by atoms with Gasteiger partial charge in [0.15, 0.2) is 16.7 Å². The molecule has 0 bridgehead atoms. The number of thiazole rings is 1. The van der Waals surface area contributed by atoms with Crippen LogP contribution in [0.25, 0.3) is 10.2 Å². The second-order valence-corrected chi connectivity index (χ2v) is 7.72. The topological polar surface area (TPSA) is 79.7 Å². The highest BCUT2D eigenvalue weighted by Gasteiger charge is 2.46. The highest BCUT2D eigenvalue weighted by atomic mass is 35.5. The van der Waals surface area contributed by atoms with Crippen molar-refractivity contribution < 1.29 is 23.8 Å². The number of halogens is 2. The molecular weight excluding hydrogens is 419 g/mol. The van der Waals surface area contributed by atoms with Crippen LogP contribution in [0.2, 0.25) is 5.02 Å². The van der Waals surface area contributed by atoms with Gasteiger partial charge in [-0.15, -0.1) is 0 Å². The van der Waals surface area contributed by atoms with Crippen LogP contribution in [-0.2, 0) is 14.3 Å². The van der Waals surface area contributed by atoms with Crippen molar-refractivity contribution in [2.45, 2.75) is 6.04 Å². The smallest absolute Gasteiger partial charge is 0.296 e. The predicted molar refractivity (Wildman–Crippen MR) is 108 cm³/mol. The molecule has 148 valence electrons. The molecule has 0 fully saturated rings. The first-order valence-corrected chi connectivity index (χ1v) is 9.71. The Kier molecular flexibility index (Phi) is 5.08. The first kappa shape index (κ1) is 19.5. The van der Waals surface area contributed by atoms with Gasteiger partial charge in [0.1, 0.15) is 24.0 Å². The zero-order valence-corrected chi connectivity index (χ0v) is 16.6. The Morgan fingerprint density at radius 3 is 2.76 bits per heavy atom. The van der Waals surface area contributed by atoms with Crippen LogP contribution in [0.5, 0.6) is 0 Å². The molecule has 9 heteroatoms. The lowest BCUT2D eigenvalue weighted by molar-refractivity contribution is -0.120. The Morgan fingerprint density at radius 1 is 1.31 bits per heavy atom. The molecule has 6 nitrogen and oxygen atoms in total. The van der Waals surface area contributed by atoms with Crippen molar-refractivity contribution in [1.29, 1.82) is 0 Å². The molecule has 2 aromatic carbocycles. The number of ether oxygens (including phenoxy) is 1. The Morgan fingerprint density at radius 2 is 2.07 bits per heavy atom. The molecule has 0 aliphatic carbocycles. The van der Waals surface area contributed by atoms with E-state index >= 15 is 0 Å². The third-order valence-electron chi connectivity index (χ3n) is 4.55. The van der Waals surface area contributed by atoms with Crippen molar-refractivity contribution in [2.75, 3.05) is 18.6 Å². The fraction of sp³-hybridized carbons (Fsp3) is 0.150.